The van der Waals surface area contributed by atoms with E-state index in [0.717, 1.165) is 29.4 Å². The molecule has 1 atom stereocenters. The molecular weight excluding hydrogens is 266 g/mol. The molecule has 1 unspecified atom stereocenters. The fourth-order valence-corrected chi connectivity index (χ4v) is 2.39. The Kier molecular flexibility index (Phi) is 3.55. The summed E-state index contributed by atoms with van der Waals surface area (Å²) in [5.74, 6) is -0.159. The summed E-state index contributed by atoms with van der Waals surface area (Å²) < 4.78 is 5.83. The van der Waals surface area contributed by atoms with Gasteiger partial charge >= 0.3 is 5.97 Å². The van der Waals surface area contributed by atoms with E-state index in [1.807, 2.05) is 42.5 Å². The molecule has 2 aromatic rings. The monoisotopic (exact) mass is 285 g/mol. The van der Waals surface area contributed by atoms with Crippen LogP contribution in [0.25, 0.3) is 10.8 Å². The molecule has 0 aromatic heterocycles. The van der Waals surface area contributed by atoms with Crippen LogP contribution in [0.2, 0.25) is 0 Å². The molecule has 2 aromatic carbocycles. The molecule has 0 saturated heterocycles. The van der Waals surface area contributed by atoms with Crippen molar-refractivity contribution in [3.8, 4) is 5.75 Å². The van der Waals surface area contributed by atoms with Gasteiger partial charge < -0.3 is 9.84 Å². The average Bonchev–Trinajstić information content (AvgIpc) is 3.28. The van der Waals surface area contributed by atoms with Gasteiger partial charge in [-0.2, -0.15) is 0 Å². The molecule has 1 fully saturated rings. The number of nitrogens with one attached hydrogen (secondary N) is 1. The van der Waals surface area contributed by atoms with Crippen molar-refractivity contribution in [2.75, 3.05) is 6.61 Å². The third kappa shape index (κ3) is 3.00. The Morgan fingerprint density at radius 3 is 2.71 bits per heavy atom. The number of carbonyl (C=O) groups is 1. The third-order valence-electron chi connectivity index (χ3n) is 3.84. The topological polar surface area (TPSA) is 58.6 Å². The molecule has 2 N–H and O–H groups in total. The highest BCUT2D eigenvalue weighted by Gasteiger charge is 2.39. The predicted molar refractivity (Wildman–Crippen MR) is 81.6 cm³/mol. The smallest absolute Gasteiger partial charge is 0.327 e. The number of benzene rings is 2. The summed E-state index contributed by atoms with van der Waals surface area (Å²) in [6.07, 6.45) is 2.08. The van der Waals surface area contributed by atoms with E-state index < -0.39 is 11.5 Å². The van der Waals surface area contributed by atoms with Crippen LogP contribution in [0.5, 0.6) is 5.75 Å². The van der Waals surface area contributed by atoms with Crippen molar-refractivity contribution >= 4 is 16.7 Å². The van der Waals surface area contributed by atoms with E-state index in [0.29, 0.717) is 6.04 Å². The minimum absolute atomic E-state index is 0.104. The molecule has 1 aliphatic rings. The van der Waals surface area contributed by atoms with Gasteiger partial charge in [0.1, 0.15) is 17.9 Å². The molecule has 0 spiro atoms. The van der Waals surface area contributed by atoms with Gasteiger partial charge in [-0.1, -0.05) is 36.4 Å². The number of rotatable bonds is 6. The quantitative estimate of drug-likeness (QED) is 0.857. The van der Waals surface area contributed by atoms with Crippen LogP contribution in [-0.2, 0) is 4.79 Å². The number of fused-ring (bicyclic) bond motifs is 1. The van der Waals surface area contributed by atoms with Crippen LogP contribution in [0.1, 0.15) is 19.8 Å². The van der Waals surface area contributed by atoms with Gasteiger partial charge in [0.05, 0.1) is 0 Å². The zero-order valence-corrected chi connectivity index (χ0v) is 12.0. The summed E-state index contributed by atoms with van der Waals surface area (Å²) in [5.41, 5.74) is -1.06. The first-order chi connectivity index (χ1) is 10.1. The second-order valence-corrected chi connectivity index (χ2v) is 5.82. The lowest BCUT2D eigenvalue weighted by Crippen LogP contribution is -2.54. The molecule has 0 radical (unpaired) electrons. The number of ether oxygens (including phenoxy) is 1. The molecule has 4 nitrogen and oxygen atoms in total. The van der Waals surface area contributed by atoms with Crippen molar-refractivity contribution in [1.82, 2.24) is 5.32 Å². The number of carboxylic acid groups (broad SMARTS) is 1. The van der Waals surface area contributed by atoms with Crippen LogP contribution in [-0.4, -0.2) is 29.3 Å². The molecule has 1 aliphatic carbocycles. The highest BCUT2D eigenvalue weighted by atomic mass is 16.5. The Hall–Kier alpha value is -2.07. The van der Waals surface area contributed by atoms with E-state index in [9.17, 15) is 9.90 Å². The normalized spacial score (nSPS) is 17.4. The lowest BCUT2D eigenvalue weighted by atomic mass is 10.0. The molecule has 0 bridgehead atoms. The molecule has 21 heavy (non-hydrogen) atoms. The maximum atomic E-state index is 11.5. The number of hydrogen-bond donors (Lipinski definition) is 2. The van der Waals surface area contributed by atoms with Crippen molar-refractivity contribution in [3.63, 3.8) is 0 Å². The first kappa shape index (κ1) is 13.9. The van der Waals surface area contributed by atoms with Crippen molar-refractivity contribution in [1.29, 1.82) is 0 Å². The fraction of sp³-hybridized carbons (Fsp3) is 0.353. The molecule has 0 aliphatic heterocycles. The van der Waals surface area contributed by atoms with Crippen LogP contribution < -0.4 is 10.1 Å². The molecule has 3 rings (SSSR count). The molecule has 0 heterocycles. The van der Waals surface area contributed by atoms with E-state index in [1.54, 1.807) is 6.92 Å². The van der Waals surface area contributed by atoms with Crippen LogP contribution in [0.4, 0.5) is 0 Å². The highest BCUT2D eigenvalue weighted by Crippen LogP contribution is 2.27. The van der Waals surface area contributed by atoms with Crippen molar-refractivity contribution < 1.29 is 14.6 Å². The Balaban J connectivity index is 1.79. The fourth-order valence-electron chi connectivity index (χ4n) is 2.39. The van der Waals surface area contributed by atoms with Gasteiger partial charge in [-0.15, -0.1) is 0 Å². The lowest BCUT2D eigenvalue weighted by molar-refractivity contribution is -0.145. The van der Waals surface area contributed by atoms with Gasteiger partial charge in [0.2, 0.25) is 0 Å². The largest absolute Gasteiger partial charge is 0.490 e. The van der Waals surface area contributed by atoms with Crippen LogP contribution in [0.3, 0.4) is 0 Å². The van der Waals surface area contributed by atoms with E-state index in [-0.39, 0.29) is 6.61 Å². The Labute approximate surface area is 123 Å². The van der Waals surface area contributed by atoms with Gasteiger partial charge in [-0.25, -0.2) is 0 Å². The summed E-state index contributed by atoms with van der Waals surface area (Å²) >= 11 is 0. The summed E-state index contributed by atoms with van der Waals surface area (Å²) in [6, 6.07) is 14.0. The maximum Gasteiger partial charge on any atom is 0.327 e. The first-order valence-corrected chi connectivity index (χ1v) is 7.20. The summed E-state index contributed by atoms with van der Waals surface area (Å²) in [4.78, 5) is 11.5. The molecule has 4 heteroatoms. The van der Waals surface area contributed by atoms with Gasteiger partial charge in [0.25, 0.3) is 0 Å². The molecular formula is C17H19NO3. The third-order valence-corrected chi connectivity index (χ3v) is 3.84. The lowest BCUT2D eigenvalue weighted by Gasteiger charge is -2.26. The van der Waals surface area contributed by atoms with Crippen molar-refractivity contribution in [3.05, 3.63) is 42.5 Å². The number of carboxylic acids is 1. The van der Waals surface area contributed by atoms with Crippen molar-refractivity contribution in [2.24, 2.45) is 0 Å². The first-order valence-electron chi connectivity index (χ1n) is 7.20. The van der Waals surface area contributed by atoms with Gasteiger partial charge in [0.15, 0.2) is 0 Å². The summed E-state index contributed by atoms with van der Waals surface area (Å²) in [7, 11) is 0. The van der Waals surface area contributed by atoms with Crippen LogP contribution in [0, 0.1) is 0 Å². The van der Waals surface area contributed by atoms with E-state index >= 15 is 0 Å². The number of aliphatic carboxylic acids is 1. The van der Waals surface area contributed by atoms with Gasteiger partial charge in [0, 0.05) is 11.4 Å². The highest BCUT2D eigenvalue weighted by molar-refractivity contribution is 5.88. The summed E-state index contributed by atoms with van der Waals surface area (Å²) in [6.45, 7) is 1.78. The second-order valence-electron chi connectivity index (χ2n) is 5.82. The van der Waals surface area contributed by atoms with E-state index in [4.69, 9.17) is 4.74 Å². The Morgan fingerprint density at radius 1 is 1.29 bits per heavy atom. The second kappa shape index (κ2) is 5.37. The SMILES string of the molecule is CC(COc1cccc2ccccc12)(NC1CC1)C(=O)O. The standard InChI is InChI=1S/C17H19NO3/c1-17(16(19)20,18-13-9-10-13)11-21-15-8-4-6-12-5-2-3-7-14(12)15/h2-8,13,18H,9-11H2,1H3,(H,19,20). The van der Waals surface area contributed by atoms with Gasteiger partial charge in [-0.05, 0) is 31.2 Å². The van der Waals surface area contributed by atoms with Crippen molar-refractivity contribution in [2.45, 2.75) is 31.3 Å². The van der Waals surface area contributed by atoms with Crippen LogP contribution >= 0.6 is 0 Å². The summed E-state index contributed by atoms with van der Waals surface area (Å²) in [5, 5.41) is 14.7. The van der Waals surface area contributed by atoms with E-state index in [1.165, 1.54) is 0 Å². The molecule has 0 amide bonds. The Morgan fingerprint density at radius 2 is 2.00 bits per heavy atom. The number of hydrogen-bond acceptors (Lipinski definition) is 3. The minimum Gasteiger partial charge on any atom is -0.490 e. The van der Waals surface area contributed by atoms with Crippen LogP contribution in [0.15, 0.2) is 42.5 Å². The zero-order chi connectivity index (χ0) is 14.9. The Bertz CT molecular complexity index is 661. The molecule has 110 valence electrons. The molecule has 1 saturated carbocycles. The average molecular weight is 285 g/mol. The predicted octanol–water partition coefficient (Wildman–Crippen LogP) is 2.81. The maximum absolute atomic E-state index is 11.5. The minimum atomic E-state index is -1.06. The zero-order valence-electron chi connectivity index (χ0n) is 12.0. The van der Waals surface area contributed by atoms with Gasteiger partial charge in [-0.3, -0.25) is 10.1 Å². The van der Waals surface area contributed by atoms with E-state index in [2.05, 4.69) is 5.32 Å².